The number of amides is 2. The molecule has 5 nitrogen and oxygen atoms in total. The summed E-state index contributed by atoms with van der Waals surface area (Å²) in [5, 5.41) is 15.3. The first-order valence-electron chi connectivity index (χ1n) is 7.10. The second-order valence-corrected chi connectivity index (χ2v) is 5.10. The van der Waals surface area contributed by atoms with Gasteiger partial charge in [0.05, 0.1) is 22.8 Å². The minimum Gasteiger partial charge on any atom is -0.308 e. The molecule has 2 aromatic carbocycles. The van der Waals surface area contributed by atoms with Crippen molar-refractivity contribution in [3.05, 3.63) is 65.9 Å². The number of aromatic nitrogens is 1. The van der Waals surface area contributed by atoms with E-state index in [1.54, 1.807) is 24.3 Å². The molecule has 0 unspecified atom stereocenters. The fourth-order valence-electron chi connectivity index (χ4n) is 2.32. The van der Waals surface area contributed by atoms with Gasteiger partial charge in [-0.25, -0.2) is 4.79 Å². The number of fused-ring (bicyclic) bond motifs is 1. The maximum Gasteiger partial charge on any atom is 0.323 e. The van der Waals surface area contributed by atoms with Crippen LogP contribution in [0.3, 0.4) is 0 Å². The van der Waals surface area contributed by atoms with E-state index < -0.39 is 0 Å². The summed E-state index contributed by atoms with van der Waals surface area (Å²) in [4.78, 5) is 16.6. The molecular formula is C18H14N4O. The number of hydrogen-bond donors (Lipinski definition) is 2. The second kappa shape index (κ2) is 6.16. The lowest BCUT2D eigenvalue weighted by atomic mass is 10.1. The quantitative estimate of drug-likeness (QED) is 0.749. The average molecular weight is 302 g/mol. The lowest BCUT2D eigenvalue weighted by Gasteiger charge is -2.11. The van der Waals surface area contributed by atoms with Gasteiger partial charge in [-0.1, -0.05) is 18.2 Å². The zero-order chi connectivity index (χ0) is 16.2. The highest BCUT2D eigenvalue weighted by Gasteiger charge is 2.08. The number of benzene rings is 2. The molecule has 3 aromatic rings. The van der Waals surface area contributed by atoms with E-state index in [0.29, 0.717) is 16.9 Å². The van der Waals surface area contributed by atoms with E-state index in [0.717, 1.165) is 16.6 Å². The maximum atomic E-state index is 12.2. The molecule has 0 aliphatic carbocycles. The van der Waals surface area contributed by atoms with Crippen molar-refractivity contribution in [2.45, 2.75) is 6.92 Å². The van der Waals surface area contributed by atoms with Gasteiger partial charge in [0.1, 0.15) is 0 Å². The van der Waals surface area contributed by atoms with E-state index in [-0.39, 0.29) is 6.03 Å². The highest BCUT2D eigenvalue weighted by atomic mass is 16.2. The minimum absolute atomic E-state index is 0.342. The molecule has 0 saturated carbocycles. The smallest absolute Gasteiger partial charge is 0.308 e. The van der Waals surface area contributed by atoms with E-state index in [1.165, 1.54) is 0 Å². The number of anilines is 2. The number of para-hydroxylation sites is 1. The van der Waals surface area contributed by atoms with Crippen LogP contribution < -0.4 is 10.6 Å². The van der Waals surface area contributed by atoms with Gasteiger partial charge in [-0.2, -0.15) is 5.26 Å². The van der Waals surface area contributed by atoms with E-state index in [4.69, 9.17) is 5.26 Å². The van der Waals surface area contributed by atoms with Crippen LogP contribution in [-0.4, -0.2) is 11.0 Å². The number of nitriles is 1. The van der Waals surface area contributed by atoms with Crippen molar-refractivity contribution in [3.8, 4) is 6.07 Å². The lowest BCUT2D eigenvalue weighted by Crippen LogP contribution is -2.19. The predicted octanol–water partition coefficient (Wildman–Crippen LogP) is 4.06. The van der Waals surface area contributed by atoms with E-state index in [1.807, 2.05) is 43.3 Å². The fourth-order valence-corrected chi connectivity index (χ4v) is 2.32. The SMILES string of the molecule is Cc1cc(NC(=O)Nc2ccc(C#N)cc2)c2ccccc2n1. The molecule has 0 atom stereocenters. The number of carbonyl (C=O) groups is 1. The van der Waals surface area contributed by atoms with Crippen LogP contribution in [0.2, 0.25) is 0 Å². The molecule has 23 heavy (non-hydrogen) atoms. The van der Waals surface area contributed by atoms with Gasteiger partial charge < -0.3 is 10.6 Å². The zero-order valence-corrected chi connectivity index (χ0v) is 12.5. The first-order valence-corrected chi connectivity index (χ1v) is 7.10. The Morgan fingerprint density at radius 1 is 1.09 bits per heavy atom. The van der Waals surface area contributed by atoms with Crippen LogP contribution in [0.1, 0.15) is 11.3 Å². The first kappa shape index (κ1) is 14.5. The van der Waals surface area contributed by atoms with Gasteiger partial charge in [0.25, 0.3) is 0 Å². The Morgan fingerprint density at radius 3 is 2.57 bits per heavy atom. The summed E-state index contributed by atoms with van der Waals surface area (Å²) in [7, 11) is 0. The maximum absolute atomic E-state index is 12.2. The van der Waals surface area contributed by atoms with Crippen LogP contribution >= 0.6 is 0 Å². The number of carbonyl (C=O) groups excluding carboxylic acids is 1. The molecule has 0 radical (unpaired) electrons. The lowest BCUT2D eigenvalue weighted by molar-refractivity contribution is 0.262. The molecule has 0 aliphatic heterocycles. The van der Waals surface area contributed by atoms with Crippen molar-refractivity contribution in [2.75, 3.05) is 10.6 Å². The molecule has 0 spiro atoms. The highest BCUT2D eigenvalue weighted by Crippen LogP contribution is 2.23. The van der Waals surface area contributed by atoms with Crippen LogP contribution in [0.4, 0.5) is 16.2 Å². The van der Waals surface area contributed by atoms with Crippen LogP contribution in [0, 0.1) is 18.3 Å². The number of nitrogens with one attached hydrogen (secondary N) is 2. The second-order valence-electron chi connectivity index (χ2n) is 5.10. The Bertz CT molecular complexity index is 910. The third-order valence-electron chi connectivity index (χ3n) is 3.36. The summed E-state index contributed by atoms with van der Waals surface area (Å²) in [6.45, 7) is 1.89. The number of rotatable bonds is 2. The van der Waals surface area contributed by atoms with Crippen LogP contribution in [-0.2, 0) is 0 Å². The molecule has 1 aromatic heterocycles. The first-order chi connectivity index (χ1) is 11.2. The average Bonchev–Trinajstić information content (AvgIpc) is 2.55. The number of aryl methyl sites for hydroxylation is 1. The van der Waals surface area contributed by atoms with Crippen molar-refractivity contribution in [1.82, 2.24) is 4.98 Å². The normalized spacial score (nSPS) is 10.1. The number of nitrogens with zero attached hydrogens (tertiary/aromatic N) is 2. The third kappa shape index (κ3) is 3.27. The van der Waals surface area contributed by atoms with Crippen molar-refractivity contribution in [1.29, 1.82) is 5.26 Å². The van der Waals surface area contributed by atoms with Gasteiger partial charge in [0.15, 0.2) is 0 Å². The summed E-state index contributed by atoms with van der Waals surface area (Å²) in [6, 6.07) is 17.9. The Balaban J connectivity index is 1.81. The van der Waals surface area contributed by atoms with E-state index >= 15 is 0 Å². The third-order valence-corrected chi connectivity index (χ3v) is 3.36. The van der Waals surface area contributed by atoms with Crippen molar-refractivity contribution < 1.29 is 4.79 Å². The van der Waals surface area contributed by atoms with Crippen LogP contribution in [0.25, 0.3) is 10.9 Å². The molecule has 0 fully saturated rings. The summed E-state index contributed by atoms with van der Waals surface area (Å²) < 4.78 is 0. The predicted molar refractivity (Wildman–Crippen MR) is 90.3 cm³/mol. The molecule has 112 valence electrons. The summed E-state index contributed by atoms with van der Waals surface area (Å²) in [6.07, 6.45) is 0. The van der Waals surface area contributed by atoms with Gasteiger partial charge in [-0.05, 0) is 43.3 Å². The number of pyridine rings is 1. The highest BCUT2D eigenvalue weighted by molar-refractivity contribution is 6.05. The molecule has 2 N–H and O–H groups in total. The molecule has 0 aliphatic rings. The molecular weight excluding hydrogens is 288 g/mol. The van der Waals surface area contributed by atoms with E-state index in [9.17, 15) is 4.79 Å². The van der Waals surface area contributed by atoms with Crippen LogP contribution in [0.15, 0.2) is 54.6 Å². The summed E-state index contributed by atoms with van der Waals surface area (Å²) in [5.41, 5.74) is 3.54. The summed E-state index contributed by atoms with van der Waals surface area (Å²) >= 11 is 0. The Morgan fingerprint density at radius 2 is 1.83 bits per heavy atom. The molecule has 1 heterocycles. The Kier molecular flexibility index (Phi) is 3.89. The molecule has 0 saturated heterocycles. The standard InChI is InChI=1S/C18H14N4O/c1-12-10-17(15-4-2-3-5-16(15)20-12)22-18(23)21-14-8-6-13(11-19)7-9-14/h2-10H,1H3,(H2,20,21,22,23). The zero-order valence-electron chi connectivity index (χ0n) is 12.5. The largest absolute Gasteiger partial charge is 0.323 e. The molecule has 3 rings (SSSR count). The van der Waals surface area contributed by atoms with Crippen molar-refractivity contribution >= 4 is 28.3 Å². The Hall–Kier alpha value is -3.39. The molecule has 0 bridgehead atoms. The summed E-state index contributed by atoms with van der Waals surface area (Å²) in [5.74, 6) is 0. The fraction of sp³-hybridized carbons (Fsp3) is 0.0556. The van der Waals surface area contributed by atoms with Crippen molar-refractivity contribution in [2.24, 2.45) is 0 Å². The molecule has 5 heteroatoms. The number of hydrogen-bond acceptors (Lipinski definition) is 3. The van der Waals surface area contributed by atoms with Gasteiger partial charge in [-0.15, -0.1) is 0 Å². The van der Waals surface area contributed by atoms with Crippen molar-refractivity contribution in [3.63, 3.8) is 0 Å². The minimum atomic E-state index is -0.342. The van der Waals surface area contributed by atoms with E-state index in [2.05, 4.69) is 15.6 Å². The van der Waals surface area contributed by atoms with Gasteiger partial charge in [0.2, 0.25) is 0 Å². The topological polar surface area (TPSA) is 77.8 Å². The number of urea groups is 1. The molecule has 2 amide bonds. The monoisotopic (exact) mass is 302 g/mol. The van der Waals surface area contributed by atoms with Crippen LogP contribution in [0.5, 0.6) is 0 Å². The van der Waals surface area contributed by atoms with Gasteiger partial charge in [-0.3, -0.25) is 4.98 Å². The van der Waals surface area contributed by atoms with Gasteiger partial charge in [0, 0.05) is 16.8 Å². The Labute approximate surface area is 133 Å². The van der Waals surface area contributed by atoms with Gasteiger partial charge >= 0.3 is 6.03 Å².